The molecule has 0 aliphatic carbocycles. The minimum Gasteiger partial charge on any atom is -0.467 e. The number of nitrogens with zero attached hydrogens (tertiary/aromatic N) is 2. The molecule has 1 aliphatic heterocycles. The van der Waals surface area contributed by atoms with E-state index in [9.17, 15) is 5.21 Å². The zero-order valence-corrected chi connectivity index (χ0v) is 9.50. The van der Waals surface area contributed by atoms with Gasteiger partial charge in [-0.25, -0.2) is 10.4 Å². The lowest BCUT2D eigenvalue weighted by Gasteiger charge is -2.28. The van der Waals surface area contributed by atoms with Crippen LogP contribution in [0.3, 0.4) is 0 Å². The van der Waals surface area contributed by atoms with Crippen LogP contribution in [0.1, 0.15) is 5.76 Å². The average molecular weight is 244 g/mol. The molecule has 0 saturated carbocycles. The van der Waals surface area contributed by atoms with Crippen LogP contribution >= 0.6 is 0 Å². The van der Waals surface area contributed by atoms with E-state index >= 15 is 0 Å². The molecule has 2 heterocycles. The SMILES string of the molecule is ON1NC(=NCc2ccco2)Nc2ccccc21. The predicted molar refractivity (Wildman–Crippen MR) is 67.3 cm³/mol. The van der Waals surface area contributed by atoms with Crippen molar-refractivity contribution in [2.45, 2.75) is 6.54 Å². The second-order valence-electron chi connectivity index (χ2n) is 3.81. The first-order valence-electron chi connectivity index (χ1n) is 5.51. The summed E-state index contributed by atoms with van der Waals surface area (Å²) < 4.78 is 5.18. The van der Waals surface area contributed by atoms with E-state index in [4.69, 9.17) is 4.42 Å². The van der Waals surface area contributed by atoms with E-state index in [1.807, 2.05) is 30.3 Å². The van der Waals surface area contributed by atoms with Crippen LogP contribution in [0.4, 0.5) is 11.4 Å². The van der Waals surface area contributed by atoms with Crippen LogP contribution in [0.5, 0.6) is 0 Å². The molecule has 3 rings (SSSR count). The van der Waals surface area contributed by atoms with Crippen LogP contribution in [0.2, 0.25) is 0 Å². The minimum atomic E-state index is 0.401. The molecule has 1 aromatic carbocycles. The fourth-order valence-electron chi connectivity index (χ4n) is 1.71. The van der Waals surface area contributed by atoms with Gasteiger partial charge in [-0.2, -0.15) is 5.17 Å². The Morgan fingerprint density at radius 2 is 2.11 bits per heavy atom. The Kier molecular flexibility index (Phi) is 2.62. The number of fused-ring (bicyclic) bond motifs is 1. The Morgan fingerprint density at radius 1 is 1.22 bits per heavy atom. The molecule has 0 spiro atoms. The molecular weight excluding hydrogens is 232 g/mol. The van der Waals surface area contributed by atoms with Crippen molar-refractivity contribution in [2.24, 2.45) is 4.99 Å². The number of anilines is 2. The monoisotopic (exact) mass is 244 g/mol. The molecule has 92 valence electrons. The largest absolute Gasteiger partial charge is 0.467 e. The molecule has 1 aliphatic rings. The fraction of sp³-hybridized carbons (Fsp3) is 0.0833. The topological polar surface area (TPSA) is 73.0 Å². The van der Waals surface area contributed by atoms with Gasteiger partial charge < -0.3 is 9.73 Å². The number of hydrogen-bond acceptors (Lipinski definition) is 4. The number of aliphatic imine (C=N–C) groups is 1. The van der Waals surface area contributed by atoms with E-state index in [1.165, 1.54) is 0 Å². The van der Waals surface area contributed by atoms with Crippen molar-refractivity contribution in [1.29, 1.82) is 0 Å². The molecule has 3 N–H and O–H groups in total. The molecular formula is C12H12N4O2. The number of rotatable bonds is 2. The standard InChI is InChI=1S/C12H12N4O2/c17-16-11-6-2-1-5-10(11)14-12(15-16)13-8-9-4-3-7-18-9/h1-7,17H,8H2,(H2,13,14,15). The highest BCUT2D eigenvalue weighted by Crippen LogP contribution is 2.25. The number of nitrogens with one attached hydrogen (secondary N) is 2. The molecule has 0 radical (unpaired) electrons. The predicted octanol–water partition coefficient (Wildman–Crippen LogP) is 1.96. The summed E-state index contributed by atoms with van der Waals surface area (Å²) in [7, 11) is 0. The number of hydrazine groups is 1. The molecule has 6 nitrogen and oxygen atoms in total. The molecule has 0 unspecified atom stereocenters. The first-order valence-corrected chi connectivity index (χ1v) is 5.51. The summed E-state index contributed by atoms with van der Waals surface area (Å²) in [6.07, 6.45) is 1.60. The third-order valence-corrected chi connectivity index (χ3v) is 2.57. The van der Waals surface area contributed by atoms with Crippen molar-refractivity contribution in [3.05, 3.63) is 48.4 Å². The van der Waals surface area contributed by atoms with Crippen molar-refractivity contribution in [1.82, 2.24) is 5.43 Å². The zero-order chi connectivity index (χ0) is 12.4. The van der Waals surface area contributed by atoms with E-state index in [0.717, 1.165) is 16.6 Å². The maximum Gasteiger partial charge on any atom is 0.217 e. The highest BCUT2D eigenvalue weighted by molar-refractivity contribution is 6.00. The van der Waals surface area contributed by atoms with Gasteiger partial charge in [0.25, 0.3) is 0 Å². The summed E-state index contributed by atoms with van der Waals surface area (Å²) in [5, 5.41) is 13.8. The first kappa shape index (κ1) is 10.7. The van der Waals surface area contributed by atoms with E-state index in [-0.39, 0.29) is 0 Å². The van der Waals surface area contributed by atoms with E-state index in [0.29, 0.717) is 18.2 Å². The van der Waals surface area contributed by atoms with Crippen LogP contribution in [-0.2, 0) is 6.54 Å². The number of furan rings is 1. The number of guanidine groups is 1. The van der Waals surface area contributed by atoms with Gasteiger partial charge in [-0.3, -0.25) is 5.21 Å². The molecule has 0 saturated heterocycles. The number of hydrogen-bond donors (Lipinski definition) is 3. The number of para-hydroxylation sites is 2. The maximum absolute atomic E-state index is 9.77. The Hall–Kier alpha value is -2.47. The van der Waals surface area contributed by atoms with E-state index in [2.05, 4.69) is 15.7 Å². The third kappa shape index (κ3) is 2.01. The first-order chi connectivity index (χ1) is 8.83. The highest BCUT2D eigenvalue weighted by atomic mass is 16.5. The van der Waals surface area contributed by atoms with Gasteiger partial charge in [-0.05, 0) is 24.3 Å². The van der Waals surface area contributed by atoms with Gasteiger partial charge in [0.05, 0.1) is 12.0 Å². The lowest BCUT2D eigenvalue weighted by molar-refractivity contribution is 0.234. The van der Waals surface area contributed by atoms with E-state index < -0.39 is 0 Å². The van der Waals surface area contributed by atoms with Crippen molar-refractivity contribution < 1.29 is 9.62 Å². The molecule has 0 fully saturated rings. The molecule has 0 bridgehead atoms. The summed E-state index contributed by atoms with van der Waals surface area (Å²) in [4.78, 5) is 4.27. The zero-order valence-electron chi connectivity index (χ0n) is 9.50. The summed E-state index contributed by atoms with van der Waals surface area (Å²) in [6, 6.07) is 11.0. The summed E-state index contributed by atoms with van der Waals surface area (Å²) in [5.74, 6) is 1.22. The maximum atomic E-state index is 9.77. The Labute approximate surface area is 103 Å². The molecule has 0 amide bonds. The van der Waals surface area contributed by atoms with E-state index in [1.54, 1.807) is 12.3 Å². The molecule has 1 aromatic heterocycles. The second-order valence-corrected chi connectivity index (χ2v) is 3.81. The van der Waals surface area contributed by atoms with Crippen LogP contribution in [0, 0.1) is 0 Å². The summed E-state index contributed by atoms with van der Waals surface area (Å²) >= 11 is 0. The fourth-order valence-corrected chi connectivity index (χ4v) is 1.71. The van der Waals surface area contributed by atoms with Gasteiger partial charge >= 0.3 is 0 Å². The van der Waals surface area contributed by atoms with Gasteiger partial charge in [0.2, 0.25) is 5.96 Å². The summed E-state index contributed by atoms with van der Waals surface area (Å²) in [5.41, 5.74) is 4.16. The molecule has 0 atom stereocenters. The highest BCUT2D eigenvalue weighted by Gasteiger charge is 2.17. The van der Waals surface area contributed by atoms with Crippen molar-refractivity contribution in [3.8, 4) is 0 Å². The summed E-state index contributed by atoms with van der Waals surface area (Å²) in [6.45, 7) is 0.401. The van der Waals surface area contributed by atoms with Gasteiger partial charge in [0, 0.05) is 0 Å². The van der Waals surface area contributed by atoms with Crippen LogP contribution in [-0.4, -0.2) is 11.2 Å². The third-order valence-electron chi connectivity index (χ3n) is 2.57. The van der Waals surface area contributed by atoms with Crippen molar-refractivity contribution >= 4 is 17.3 Å². The average Bonchev–Trinajstić information content (AvgIpc) is 2.90. The van der Waals surface area contributed by atoms with Crippen molar-refractivity contribution in [2.75, 3.05) is 10.5 Å². The smallest absolute Gasteiger partial charge is 0.217 e. The quantitative estimate of drug-likeness (QED) is 0.753. The Balaban J connectivity index is 1.79. The molecule has 6 heteroatoms. The Bertz CT molecular complexity index is 565. The van der Waals surface area contributed by atoms with Gasteiger partial charge in [0.15, 0.2) is 0 Å². The van der Waals surface area contributed by atoms with Crippen LogP contribution < -0.4 is 15.9 Å². The van der Waals surface area contributed by atoms with Crippen LogP contribution in [0.25, 0.3) is 0 Å². The second kappa shape index (κ2) is 4.42. The number of benzene rings is 1. The minimum absolute atomic E-state index is 0.401. The van der Waals surface area contributed by atoms with Crippen LogP contribution in [0.15, 0.2) is 52.1 Å². The van der Waals surface area contributed by atoms with Gasteiger partial charge in [0.1, 0.15) is 18.0 Å². The van der Waals surface area contributed by atoms with Crippen molar-refractivity contribution in [3.63, 3.8) is 0 Å². The molecule has 2 aromatic rings. The Morgan fingerprint density at radius 3 is 2.94 bits per heavy atom. The van der Waals surface area contributed by atoms with Gasteiger partial charge in [-0.15, -0.1) is 0 Å². The normalized spacial score (nSPS) is 16.1. The van der Waals surface area contributed by atoms with Gasteiger partial charge in [-0.1, -0.05) is 12.1 Å². The lowest BCUT2D eigenvalue weighted by atomic mass is 10.2. The molecule has 18 heavy (non-hydrogen) atoms. The lowest BCUT2D eigenvalue weighted by Crippen LogP contribution is -2.47.